The first-order valence-corrected chi connectivity index (χ1v) is 7.15. The molecule has 6 nitrogen and oxygen atoms in total. The fraction of sp³-hybridized carbons (Fsp3) is 0. The Morgan fingerprint density at radius 2 is 1.83 bits per heavy atom. The van der Waals surface area contributed by atoms with Gasteiger partial charge in [0.25, 0.3) is 5.91 Å². The number of pyridine rings is 1. The van der Waals surface area contributed by atoms with Crippen LogP contribution in [0.2, 0.25) is 5.02 Å². The van der Waals surface area contributed by atoms with Crippen molar-refractivity contribution in [2.24, 2.45) is 0 Å². The normalized spacial score (nSPS) is 10.1. The highest BCUT2D eigenvalue weighted by Crippen LogP contribution is 2.19. The second-order valence-corrected chi connectivity index (χ2v) is 5.02. The summed E-state index contributed by atoms with van der Waals surface area (Å²) in [5.74, 6) is -0.0354. The maximum atomic E-state index is 12.4. The molecule has 1 amide bonds. The number of nitrogens with one attached hydrogen (secondary N) is 2. The number of hydrogen-bond donors (Lipinski definition) is 2. The van der Waals surface area contributed by atoms with Crippen molar-refractivity contribution in [3.63, 3.8) is 0 Å². The largest absolute Gasteiger partial charge is 0.337 e. The van der Waals surface area contributed by atoms with Crippen molar-refractivity contribution < 1.29 is 4.79 Å². The zero-order valence-corrected chi connectivity index (χ0v) is 12.7. The van der Waals surface area contributed by atoms with E-state index in [1.165, 1.54) is 12.4 Å². The number of amides is 1. The third-order valence-electron chi connectivity index (χ3n) is 2.92. The number of benzene rings is 1. The monoisotopic (exact) mass is 325 g/mol. The number of hydrogen-bond acceptors (Lipinski definition) is 5. The molecule has 0 fully saturated rings. The van der Waals surface area contributed by atoms with Gasteiger partial charge in [-0.3, -0.25) is 9.78 Å². The molecule has 0 atom stereocenters. The van der Waals surface area contributed by atoms with Crippen molar-refractivity contribution in [2.45, 2.75) is 0 Å². The summed E-state index contributed by atoms with van der Waals surface area (Å²) in [6.07, 6.45) is 6.26. The molecule has 3 aromatic rings. The molecular formula is C16H12ClN5O. The molecule has 0 aliphatic rings. The van der Waals surface area contributed by atoms with Crippen LogP contribution in [0.5, 0.6) is 0 Å². The molecule has 0 saturated heterocycles. The van der Waals surface area contributed by atoms with E-state index in [9.17, 15) is 4.79 Å². The molecule has 1 aromatic carbocycles. The molecule has 0 unspecified atom stereocenters. The zero-order valence-electron chi connectivity index (χ0n) is 11.9. The highest BCUT2D eigenvalue weighted by Gasteiger charge is 2.14. The Balaban J connectivity index is 1.83. The summed E-state index contributed by atoms with van der Waals surface area (Å²) in [5, 5.41) is 6.31. The Bertz CT molecular complexity index is 825. The van der Waals surface area contributed by atoms with Crippen LogP contribution in [0.15, 0.2) is 61.2 Å². The number of aromatic nitrogens is 3. The number of carbonyl (C=O) groups excluding carboxylic acids is 1. The van der Waals surface area contributed by atoms with E-state index < -0.39 is 0 Å². The fourth-order valence-electron chi connectivity index (χ4n) is 1.93. The van der Waals surface area contributed by atoms with Crippen LogP contribution in [0.3, 0.4) is 0 Å². The lowest BCUT2D eigenvalue weighted by Gasteiger charge is -2.10. The predicted octanol–water partition coefficient (Wildman–Crippen LogP) is 3.52. The predicted molar refractivity (Wildman–Crippen MR) is 89.0 cm³/mol. The average molecular weight is 326 g/mol. The molecule has 0 radical (unpaired) electrons. The quantitative estimate of drug-likeness (QED) is 0.767. The smallest absolute Gasteiger partial charge is 0.278 e. The zero-order chi connectivity index (χ0) is 16.1. The van der Waals surface area contributed by atoms with Crippen LogP contribution in [0.25, 0.3) is 0 Å². The minimum absolute atomic E-state index is 0.177. The van der Waals surface area contributed by atoms with Gasteiger partial charge in [0.1, 0.15) is 0 Å². The number of carbonyl (C=O) groups is 1. The lowest BCUT2D eigenvalue weighted by molar-refractivity contribution is 0.102. The topological polar surface area (TPSA) is 79.8 Å². The Morgan fingerprint density at radius 1 is 1.00 bits per heavy atom. The van der Waals surface area contributed by atoms with Gasteiger partial charge < -0.3 is 10.6 Å². The Kier molecular flexibility index (Phi) is 4.44. The van der Waals surface area contributed by atoms with E-state index in [2.05, 4.69) is 25.6 Å². The molecular weight excluding hydrogens is 314 g/mol. The van der Waals surface area contributed by atoms with Crippen molar-refractivity contribution in [3.05, 3.63) is 71.9 Å². The summed E-state index contributed by atoms with van der Waals surface area (Å²) < 4.78 is 0. The van der Waals surface area contributed by atoms with E-state index in [0.29, 0.717) is 22.2 Å². The van der Waals surface area contributed by atoms with Crippen LogP contribution in [0.4, 0.5) is 17.2 Å². The summed E-state index contributed by atoms with van der Waals surface area (Å²) in [6.45, 7) is 0. The molecule has 2 aromatic heterocycles. The summed E-state index contributed by atoms with van der Waals surface area (Å²) in [5.41, 5.74) is 1.47. The van der Waals surface area contributed by atoms with Gasteiger partial charge in [0, 0.05) is 29.3 Å². The molecule has 0 aliphatic carbocycles. The lowest BCUT2D eigenvalue weighted by Crippen LogP contribution is -2.16. The number of anilines is 3. The third kappa shape index (κ3) is 3.81. The number of nitrogens with zero attached hydrogens (tertiary/aromatic N) is 3. The van der Waals surface area contributed by atoms with Crippen molar-refractivity contribution in [3.8, 4) is 0 Å². The van der Waals surface area contributed by atoms with Crippen molar-refractivity contribution >= 4 is 34.7 Å². The molecule has 3 rings (SSSR count). The standard InChI is InChI=1S/C16H12ClN5O/c17-11-3-1-4-12(9-11)22-16(23)14-15(20-8-7-19-14)21-13-5-2-6-18-10-13/h1-10H,(H,20,21)(H,22,23). The number of rotatable bonds is 4. The second-order valence-electron chi connectivity index (χ2n) is 4.58. The summed E-state index contributed by atoms with van der Waals surface area (Å²) in [6, 6.07) is 10.5. The average Bonchev–Trinajstić information content (AvgIpc) is 2.56. The van der Waals surface area contributed by atoms with E-state index in [1.807, 2.05) is 6.07 Å². The fourth-order valence-corrected chi connectivity index (χ4v) is 2.12. The highest BCUT2D eigenvalue weighted by atomic mass is 35.5. The summed E-state index contributed by atoms with van der Waals surface area (Å²) in [4.78, 5) is 24.7. The lowest BCUT2D eigenvalue weighted by atomic mass is 10.3. The maximum Gasteiger partial charge on any atom is 0.278 e. The van der Waals surface area contributed by atoms with Gasteiger partial charge in [-0.05, 0) is 30.3 Å². The van der Waals surface area contributed by atoms with E-state index in [1.54, 1.807) is 42.7 Å². The van der Waals surface area contributed by atoms with Crippen molar-refractivity contribution in [2.75, 3.05) is 10.6 Å². The van der Waals surface area contributed by atoms with Gasteiger partial charge in [-0.2, -0.15) is 0 Å². The van der Waals surface area contributed by atoms with Crippen molar-refractivity contribution in [1.82, 2.24) is 15.0 Å². The van der Waals surface area contributed by atoms with E-state index in [4.69, 9.17) is 11.6 Å². The van der Waals surface area contributed by atoms with E-state index in [0.717, 1.165) is 0 Å². The molecule has 7 heteroatoms. The van der Waals surface area contributed by atoms with Crippen LogP contribution in [0, 0.1) is 0 Å². The van der Waals surface area contributed by atoms with Gasteiger partial charge >= 0.3 is 0 Å². The minimum Gasteiger partial charge on any atom is -0.337 e. The molecule has 0 saturated carbocycles. The van der Waals surface area contributed by atoms with Crippen LogP contribution in [-0.4, -0.2) is 20.9 Å². The van der Waals surface area contributed by atoms with Crippen LogP contribution in [0.1, 0.15) is 10.5 Å². The van der Waals surface area contributed by atoms with Gasteiger partial charge in [0.15, 0.2) is 11.5 Å². The van der Waals surface area contributed by atoms with Crippen molar-refractivity contribution in [1.29, 1.82) is 0 Å². The molecule has 23 heavy (non-hydrogen) atoms. The molecule has 0 aliphatic heterocycles. The first-order valence-electron chi connectivity index (χ1n) is 6.77. The maximum absolute atomic E-state index is 12.4. The first-order chi connectivity index (χ1) is 11.2. The second kappa shape index (κ2) is 6.85. The molecule has 2 N–H and O–H groups in total. The SMILES string of the molecule is O=C(Nc1cccc(Cl)c1)c1nccnc1Nc1cccnc1. The first kappa shape index (κ1) is 14.9. The van der Waals surface area contributed by atoms with Crippen LogP contribution in [-0.2, 0) is 0 Å². The summed E-state index contributed by atoms with van der Waals surface area (Å²) in [7, 11) is 0. The van der Waals surface area contributed by atoms with Gasteiger partial charge in [0.2, 0.25) is 0 Å². The van der Waals surface area contributed by atoms with Crippen LogP contribution < -0.4 is 10.6 Å². The highest BCUT2D eigenvalue weighted by molar-refractivity contribution is 6.31. The number of halogens is 1. The third-order valence-corrected chi connectivity index (χ3v) is 3.16. The van der Waals surface area contributed by atoms with E-state index >= 15 is 0 Å². The van der Waals surface area contributed by atoms with Gasteiger partial charge in [-0.25, -0.2) is 9.97 Å². The van der Waals surface area contributed by atoms with Crippen LogP contribution >= 0.6 is 11.6 Å². The molecule has 0 spiro atoms. The molecule has 114 valence electrons. The Labute approximate surface area is 137 Å². The summed E-state index contributed by atoms with van der Waals surface area (Å²) >= 11 is 5.91. The van der Waals surface area contributed by atoms with Gasteiger partial charge in [-0.15, -0.1) is 0 Å². The van der Waals surface area contributed by atoms with E-state index in [-0.39, 0.29) is 11.6 Å². The Morgan fingerprint density at radius 3 is 2.61 bits per heavy atom. The Hall–Kier alpha value is -2.99. The van der Waals surface area contributed by atoms with Gasteiger partial charge in [0.05, 0.1) is 11.9 Å². The minimum atomic E-state index is -0.383. The van der Waals surface area contributed by atoms with Gasteiger partial charge in [-0.1, -0.05) is 17.7 Å². The molecule has 0 bridgehead atoms. The molecule has 2 heterocycles.